The van der Waals surface area contributed by atoms with Gasteiger partial charge in [-0.05, 0) is 36.5 Å². The summed E-state index contributed by atoms with van der Waals surface area (Å²) in [6, 6.07) is 5.05. The highest BCUT2D eigenvalue weighted by Crippen LogP contribution is 2.30. The van der Waals surface area contributed by atoms with Crippen LogP contribution in [0.15, 0.2) is 18.2 Å². The van der Waals surface area contributed by atoms with Crippen molar-refractivity contribution in [2.75, 3.05) is 26.2 Å². The maximum absolute atomic E-state index is 13.6. The molecule has 2 N–H and O–H groups in total. The van der Waals surface area contributed by atoms with E-state index in [0.717, 1.165) is 44.6 Å². The molecule has 0 spiro atoms. The van der Waals surface area contributed by atoms with Crippen molar-refractivity contribution < 1.29 is 9.50 Å². The number of hydrogen-bond donors (Lipinski definition) is 2. The molecule has 0 aromatic heterocycles. The molecule has 20 heavy (non-hydrogen) atoms. The molecule has 0 unspecified atom stereocenters. The molecule has 1 aromatic rings. The summed E-state index contributed by atoms with van der Waals surface area (Å²) in [5, 5.41) is 12.7. The Balaban J connectivity index is 2.17. The molecule has 1 fully saturated rings. The van der Waals surface area contributed by atoms with Crippen molar-refractivity contribution in [1.29, 1.82) is 0 Å². The average molecular weight is 280 g/mol. The van der Waals surface area contributed by atoms with E-state index in [9.17, 15) is 9.50 Å². The minimum atomic E-state index is -0.521. The van der Waals surface area contributed by atoms with E-state index >= 15 is 0 Å². The number of benzene rings is 1. The Morgan fingerprint density at radius 1 is 1.25 bits per heavy atom. The van der Waals surface area contributed by atoms with E-state index in [2.05, 4.69) is 24.1 Å². The van der Waals surface area contributed by atoms with Crippen LogP contribution in [0.25, 0.3) is 0 Å². The van der Waals surface area contributed by atoms with E-state index in [1.54, 1.807) is 0 Å². The summed E-state index contributed by atoms with van der Waals surface area (Å²) < 4.78 is 13.6. The largest absolute Gasteiger partial charge is 0.505 e. The highest BCUT2D eigenvalue weighted by atomic mass is 19.1. The first kappa shape index (κ1) is 15.3. The molecule has 0 bridgehead atoms. The van der Waals surface area contributed by atoms with E-state index in [1.165, 1.54) is 12.1 Å². The van der Waals surface area contributed by atoms with Gasteiger partial charge in [0.25, 0.3) is 0 Å². The quantitative estimate of drug-likeness (QED) is 0.870. The van der Waals surface area contributed by atoms with Crippen molar-refractivity contribution in [3.8, 4) is 5.75 Å². The molecule has 1 heterocycles. The van der Waals surface area contributed by atoms with Crippen LogP contribution in [-0.2, 0) is 0 Å². The molecule has 3 nitrogen and oxygen atoms in total. The molecule has 4 heteroatoms. The van der Waals surface area contributed by atoms with Gasteiger partial charge in [0.15, 0.2) is 11.6 Å². The van der Waals surface area contributed by atoms with Crippen molar-refractivity contribution in [3.63, 3.8) is 0 Å². The Morgan fingerprint density at radius 2 is 1.95 bits per heavy atom. The Labute approximate surface area is 120 Å². The molecule has 0 saturated carbocycles. The van der Waals surface area contributed by atoms with E-state index in [-0.39, 0.29) is 11.8 Å². The van der Waals surface area contributed by atoms with E-state index in [1.807, 2.05) is 6.07 Å². The first-order valence-electron chi connectivity index (χ1n) is 7.51. The molecule has 1 aromatic carbocycles. The predicted molar refractivity (Wildman–Crippen MR) is 79.3 cm³/mol. The van der Waals surface area contributed by atoms with Crippen molar-refractivity contribution in [2.24, 2.45) is 5.92 Å². The summed E-state index contributed by atoms with van der Waals surface area (Å²) in [7, 11) is 0. The van der Waals surface area contributed by atoms with Crippen LogP contribution >= 0.6 is 0 Å². The van der Waals surface area contributed by atoms with Crippen LogP contribution in [0.3, 0.4) is 0 Å². The number of piperazine rings is 1. The zero-order chi connectivity index (χ0) is 14.5. The first-order chi connectivity index (χ1) is 9.58. The highest BCUT2D eigenvalue weighted by Gasteiger charge is 2.23. The molecule has 1 aliphatic heterocycles. The van der Waals surface area contributed by atoms with Gasteiger partial charge >= 0.3 is 0 Å². The number of rotatable bonds is 5. The van der Waals surface area contributed by atoms with Gasteiger partial charge in [0, 0.05) is 32.2 Å². The van der Waals surface area contributed by atoms with Crippen LogP contribution < -0.4 is 5.32 Å². The van der Waals surface area contributed by atoms with Crippen LogP contribution in [0, 0.1) is 11.7 Å². The van der Waals surface area contributed by atoms with Crippen molar-refractivity contribution >= 4 is 0 Å². The summed E-state index contributed by atoms with van der Waals surface area (Å²) in [4.78, 5) is 2.42. The van der Waals surface area contributed by atoms with Crippen molar-refractivity contribution in [3.05, 3.63) is 29.6 Å². The standard InChI is InChI=1S/C16H25FN2O/c1-12(2)3-5-15(19-9-7-18-8-10-19)13-4-6-16(20)14(17)11-13/h4,6,11-12,15,18,20H,3,5,7-10H2,1-2H3/t15-/m0/s1. The monoisotopic (exact) mass is 280 g/mol. The number of phenols is 1. The lowest BCUT2D eigenvalue weighted by atomic mass is 9.95. The zero-order valence-electron chi connectivity index (χ0n) is 12.4. The van der Waals surface area contributed by atoms with Gasteiger partial charge in [0.2, 0.25) is 0 Å². The maximum atomic E-state index is 13.6. The SMILES string of the molecule is CC(C)CC[C@@H](c1ccc(O)c(F)c1)N1CCNCC1. The van der Waals surface area contributed by atoms with Gasteiger partial charge in [0.05, 0.1) is 0 Å². The highest BCUT2D eigenvalue weighted by molar-refractivity contribution is 5.30. The third-order valence-corrected chi connectivity index (χ3v) is 3.97. The van der Waals surface area contributed by atoms with Gasteiger partial charge < -0.3 is 10.4 Å². The normalized spacial score (nSPS) is 18.4. The van der Waals surface area contributed by atoms with E-state index < -0.39 is 5.82 Å². The van der Waals surface area contributed by atoms with Crippen LogP contribution in [0.1, 0.15) is 38.3 Å². The van der Waals surface area contributed by atoms with Gasteiger partial charge in [-0.25, -0.2) is 4.39 Å². The number of hydrogen-bond acceptors (Lipinski definition) is 3. The summed E-state index contributed by atoms with van der Waals surface area (Å²) in [5.41, 5.74) is 0.975. The van der Waals surface area contributed by atoms with Crippen molar-refractivity contribution in [1.82, 2.24) is 10.2 Å². The molecular weight excluding hydrogens is 255 g/mol. The average Bonchev–Trinajstić information content (AvgIpc) is 2.44. The van der Waals surface area contributed by atoms with Gasteiger partial charge in [-0.3, -0.25) is 4.90 Å². The van der Waals surface area contributed by atoms with Gasteiger partial charge in [-0.15, -0.1) is 0 Å². The molecule has 2 rings (SSSR count). The molecule has 1 saturated heterocycles. The molecule has 112 valence electrons. The fourth-order valence-electron chi connectivity index (χ4n) is 2.78. The first-order valence-corrected chi connectivity index (χ1v) is 7.51. The molecule has 0 radical (unpaired) electrons. The molecule has 1 aliphatic rings. The second kappa shape index (κ2) is 7.04. The molecule has 0 amide bonds. The minimum Gasteiger partial charge on any atom is -0.505 e. The van der Waals surface area contributed by atoms with Gasteiger partial charge in [0.1, 0.15) is 0 Å². The maximum Gasteiger partial charge on any atom is 0.165 e. The smallest absolute Gasteiger partial charge is 0.165 e. The second-order valence-corrected chi connectivity index (χ2v) is 5.98. The number of phenolic OH excluding ortho intramolecular Hbond substituents is 1. The summed E-state index contributed by atoms with van der Waals surface area (Å²) >= 11 is 0. The predicted octanol–water partition coefficient (Wildman–Crippen LogP) is 2.91. The number of aromatic hydroxyl groups is 1. The van der Waals surface area contributed by atoms with Crippen LogP contribution in [0.4, 0.5) is 4.39 Å². The third kappa shape index (κ3) is 3.93. The van der Waals surface area contributed by atoms with E-state index in [0.29, 0.717) is 5.92 Å². The topological polar surface area (TPSA) is 35.5 Å². The minimum absolute atomic E-state index is 0.245. The van der Waals surface area contributed by atoms with Gasteiger partial charge in [-0.1, -0.05) is 19.9 Å². The lowest BCUT2D eigenvalue weighted by Crippen LogP contribution is -2.45. The fourth-order valence-corrected chi connectivity index (χ4v) is 2.78. The number of halogens is 1. The van der Waals surface area contributed by atoms with E-state index in [4.69, 9.17) is 0 Å². The van der Waals surface area contributed by atoms with Crippen LogP contribution in [-0.4, -0.2) is 36.2 Å². The Hall–Kier alpha value is -1.13. The Bertz CT molecular complexity index is 430. The summed E-state index contributed by atoms with van der Waals surface area (Å²) in [6.45, 7) is 8.38. The Kier molecular flexibility index (Phi) is 5.38. The molecule has 1 atom stereocenters. The Morgan fingerprint density at radius 3 is 2.55 bits per heavy atom. The zero-order valence-corrected chi connectivity index (χ0v) is 12.4. The van der Waals surface area contributed by atoms with Gasteiger partial charge in [-0.2, -0.15) is 0 Å². The lowest BCUT2D eigenvalue weighted by molar-refractivity contribution is 0.159. The van der Waals surface area contributed by atoms with Crippen LogP contribution in [0.5, 0.6) is 5.75 Å². The van der Waals surface area contributed by atoms with Crippen LogP contribution in [0.2, 0.25) is 0 Å². The third-order valence-electron chi connectivity index (χ3n) is 3.97. The number of nitrogens with zero attached hydrogens (tertiary/aromatic N) is 1. The summed E-state index contributed by atoms with van der Waals surface area (Å²) in [5.74, 6) is -0.147. The van der Waals surface area contributed by atoms with Crippen molar-refractivity contribution in [2.45, 2.75) is 32.7 Å². The second-order valence-electron chi connectivity index (χ2n) is 5.98. The fraction of sp³-hybridized carbons (Fsp3) is 0.625. The number of nitrogens with one attached hydrogen (secondary N) is 1. The lowest BCUT2D eigenvalue weighted by Gasteiger charge is -2.35. The molecule has 0 aliphatic carbocycles. The molecular formula is C16H25FN2O. The summed E-state index contributed by atoms with van der Waals surface area (Å²) in [6.07, 6.45) is 2.15.